The van der Waals surface area contributed by atoms with Crippen LogP contribution in [0.5, 0.6) is 0 Å². The SMILES string of the molecule is Cc1c(C(=O)O)[nH]c2cc(Cl)c(Br)cc12. The van der Waals surface area contributed by atoms with Gasteiger partial charge in [0.1, 0.15) is 5.69 Å². The van der Waals surface area contributed by atoms with Gasteiger partial charge in [0.05, 0.1) is 5.02 Å². The van der Waals surface area contributed by atoms with E-state index in [9.17, 15) is 4.79 Å². The van der Waals surface area contributed by atoms with E-state index in [1.54, 1.807) is 13.0 Å². The number of aromatic amines is 1. The van der Waals surface area contributed by atoms with Crippen LogP contribution < -0.4 is 0 Å². The summed E-state index contributed by atoms with van der Waals surface area (Å²) < 4.78 is 0.760. The van der Waals surface area contributed by atoms with Gasteiger partial charge in [0.15, 0.2) is 0 Å². The lowest BCUT2D eigenvalue weighted by Gasteiger charge is -1.96. The topological polar surface area (TPSA) is 53.1 Å². The number of hydrogen-bond acceptors (Lipinski definition) is 1. The highest BCUT2D eigenvalue weighted by atomic mass is 79.9. The van der Waals surface area contributed by atoms with Crippen LogP contribution in [0.25, 0.3) is 10.9 Å². The minimum absolute atomic E-state index is 0.208. The fourth-order valence-corrected chi connectivity index (χ4v) is 2.04. The molecule has 0 saturated carbocycles. The Kier molecular flexibility index (Phi) is 2.48. The summed E-state index contributed by atoms with van der Waals surface area (Å²) in [6.07, 6.45) is 0. The molecule has 0 aliphatic heterocycles. The Hall–Kier alpha value is -1.000. The maximum Gasteiger partial charge on any atom is 0.352 e. The summed E-state index contributed by atoms with van der Waals surface area (Å²) in [6, 6.07) is 3.52. The lowest BCUT2D eigenvalue weighted by Crippen LogP contribution is -1.97. The molecule has 5 heteroatoms. The Morgan fingerprint density at radius 2 is 2.20 bits per heavy atom. The van der Waals surface area contributed by atoms with Crippen molar-refractivity contribution in [3.8, 4) is 0 Å². The first kappa shape index (κ1) is 10.5. The van der Waals surface area contributed by atoms with E-state index in [0.29, 0.717) is 5.02 Å². The monoisotopic (exact) mass is 287 g/mol. The number of carbonyl (C=O) groups is 1. The van der Waals surface area contributed by atoms with Gasteiger partial charge in [-0.1, -0.05) is 11.6 Å². The van der Waals surface area contributed by atoms with Gasteiger partial charge < -0.3 is 10.1 Å². The standard InChI is InChI=1S/C10H7BrClNO2/c1-4-5-2-6(11)7(12)3-8(5)13-9(4)10(14)15/h2-3,13H,1H3,(H,14,15). The van der Waals surface area contributed by atoms with Crippen LogP contribution in [0, 0.1) is 6.92 Å². The highest BCUT2D eigenvalue weighted by Gasteiger charge is 2.14. The maximum atomic E-state index is 10.9. The molecule has 0 fully saturated rings. The lowest BCUT2D eigenvalue weighted by molar-refractivity contribution is 0.0691. The number of hydrogen-bond donors (Lipinski definition) is 2. The molecule has 0 radical (unpaired) electrons. The van der Waals surface area contributed by atoms with Crippen molar-refractivity contribution in [3.63, 3.8) is 0 Å². The van der Waals surface area contributed by atoms with E-state index in [-0.39, 0.29) is 5.69 Å². The van der Waals surface area contributed by atoms with Gasteiger partial charge in [-0.05, 0) is 40.5 Å². The second kappa shape index (κ2) is 3.54. The van der Waals surface area contributed by atoms with Crippen molar-refractivity contribution in [2.24, 2.45) is 0 Å². The number of fused-ring (bicyclic) bond motifs is 1. The molecule has 0 aliphatic rings. The van der Waals surface area contributed by atoms with Gasteiger partial charge in [-0.25, -0.2) is 4.79 Å². The second-order valence-electron chi connectivity index (χ2n) is 3.24. The molecule has 1 aromatic heterocycles. The summed E-state index contributed by atoms with van der Waals surface area (Å²) in [4.78, 5) is 13.7. The average molecular weight is 289 g/mol. The molecule has 2 aromatic rings. The molecule has 78 valence electrons. The van der Waals surface area contributed by atoms with E-state index in [2.05, 4.69) is 20.9 Å². The minimum atomic E-state index is -0.962. The molecule has 0 aliphatic carbocycles. The number of benzene rings is 1. The first-order chi connectivity index (χ1) is 7.00. The summed E-state index contributed by atoms with van der Waals surface area (Å²) in [5, 5.41) is 10.4. The predicted molar refractivity (Wildman–Crippen MR) is 62.7 cm³/mol. The van der Waals surface area contributed by atoms with E-state index < -0.39 is 5.97 Å². The van der Waals surface area contributed by atoms with Crippen LogP contribution in [0.3, 0.4) is 0 Å². The molecule has 15 heavy (non-hydrogen) atoms. The quantitative estimate of drug-likeness (QED) is 0.842. The van der Waals surface area contributed by atoms with E-state index in [4.69, 9.17) is 16.7 Å². The van der Waals surface area contributed by atoms with Crippen molar-refractivity contribution in [2.75, 3.05) is 0 Å². The van der Waals surface area contributed by atoms with E-state index in [0.717, 1.165) is 20.9 Å². The third kappa shape index (κ3) is 1.64. The smallest absolute Gasteiger partial charge is 0.352 e. The number of aromatic carboxylic acids is 1. The summed E-state index contributed by atoms with van der Waals surface area (Å²) in [7, 11) is 0. The van der Waals surface area contributed by atoms with Crippen molar-refractivity contribution in [3.05, 3.63) is 32.9 Å². The van der Waals surface area contributed by atoms with Crippen LogP contribution in [-0.4, -0.2) is 16.1 Å². The Labute approximate surface area is 99.2 Å². The first-order valence-corrected chi connectivity index (χ1v) is 5.38. The fourth-order valence-electron chi connectivity index (χ4n) is 1.54. The molecule has 3 nitrogen and oxygen atoms in total. The number of aryl methyl sites for hydroxylation is 1. The van der Waals surface area contributed by atoms with Crippen molar-refractivity contribution >= 4 is 44.4 Å². The van der Waals surface area contributed by atoms with Gasteiger partial charge in [0, 0.05) is 15.4 Å². The van der Waals surface area contributed by atoms with E-state index in [1.807, 2.05) is 6.07 Å². The summed E-state index contributed by atoms with van der Waals surface area (Å²) >= 11 is 9.22. The molecule has 1 heterocycles. The molecule has 0 spiro atoms. The molecule has 2 rings (SSSR count). The van der Waals surface area contributed by atoms with E-state index >= 15 is 0 Å². The summed E-state index contributed by atoms with van der Waals surface area (Å²) in [6.45, 7) is 1.77. The van der Waals surface area contributed by atoms with Crippen LogP contribution in [-0.2, 0) is 0 Å². The zero-order valence-electron chi connectivity index (χ0n) is 7.77. The highest BCUT2D eigenvalue weighted by Crippen LogP contribution is 2.30. The summed E-state index contributed by atoms with van der Waals surface area (Å²) in [5.74, 6) is -0.962. The molecular formula is C10H7BrClNO2. The number of carboxylic acid groups (broad SMARTS) is 1. The third-order valence-corrected chi connectivity index (χ3v) is 3.51. The molecule has 0 unspecified atom stereocenters. The van der Waals surface area contributed by atoms with Crippen molar-refractivity contribution in [1.29, 1.82) is 0 Å². The number of carboxylic acids is 1. The normalized spacial score (nSPS) is 10.9. The zero-order valence-corrected chi connectivity index (χ0v) is 10.1. The minimum Gasteiger partial charge on any atom is -0.477 e. The van der Waals surface area contributed by atoms with Gasteiger partial charge in [-0.2, -0.15) is 0 Å². The Morgan fingerprint density at radius 3 is 2.80 bits per heavy atom. The van der Waals surface area contributed by atoms with Crippen LogP contribution in [0.15, 0.2) is 16.6 Å². The van der Waals surface area contributed by atoms with Crippen LogP contribution >= 0.6 is 27.5 Å². The molecule has 0 bridgehead atoms. The average Bonchev–Trinajstić information content (AvgIpc) is 2.46. The largest absolute Gasteiger partial charge is 0.477 e. The number of aromatic nitrogens is 1. The van der Waals surface area contributed by atoms with Gasteiger partial charge in [0.25, 0.3) is 0 Å². The first-order valence-electron chi connectivity index (χ1n) is 4.21. The molecule has 1 aromatic carbocycles. The Bertz CT molecular complexity index is 562. The lowest BCUT2D eigenvalue weighted by atomic mass is 10.1. The van der Waals surface area contributed by atoms with Gasteiger partial charge in [0.2, 0.25) is 0 Å². The number of nitrogens with one attached hydrogen (secondary N) is 1. The maximum absolute atomic E-state index is 10.9. The number of rotatable bonds is 1. The van der Waals surface area contributed by atoms with Gasteiger partial charge in [-0.3, -0.25) is 0 Å². The number of halogens is 2. The van der Waals surface area contributed by atoms with Crippen LogP contribution in [0.1, 0.15) is 16.1 Å². The van der Waals surface area contributed by atoms with Crippen LogP contribution in [0.2, 0.25) is 5.02 Å². The highest BCUT2D eigenvalue weighted by molar-refractivity contribution is 9.10. The predicted octanol–water partition coefficient (Wildman–Crippen LogP) is 3.59. The fraction of sp³-hybridized carbons (Fsp3) is 0.100. The van der Waals surface area contributed by atoms with Crippen molar-refractivity contribution in [1.82, 2.24) is 4.98 Å². The van der Waals surface area contributed by atoms with Crippen molar-refractivity contribution in [2.45, 2.75) is 6.92 Å². The van der Waals surface area contributed by atoms with Gasteiger partial charge >= 0.3 is 5.97 Å². The Morgan fingerprint density at radius 1 is 1.53 bits per heavy atom. The second-order valence-corrected chi connectivity index (χ2v) is 4.50. The van der Waals surface area contributed by atoms with Crippen LogP contribution in [0.4, 0.5) is 0 Å². The van der Waals surface area contributed by atoms with E-state index in [1.165, 1.54) is 0 Å². The van der Waals surface area contributed by atoms with Crippen molar-refractivity contribution < 1.29 is 9.90 Å². The molecule has 0 amide bonds. The number of H-pyrrole nitrogens is 1. The Balaban J connectivity index is 2.83. The molecule has 0 atom stereocenters. The molecular weight excluding hydrogens is 281 g/mol. The molecule has 2 N–H and O–H groups in total. The van der Waals surface area contributed by atoms with Gasteiger partial charge in [-0.15, -0.1) is 0 Å². The third-order valence-electron chi connectivity index (χ3n) is 2.31. The molecule has 0 saturated heterocycles. The summed E-state index contributed by atoms with van der Waals surface area (Å²) in [5.41, 5.74) is 1.66. The zero-order chi connectivity index (χ0) is 11.2.